The van der Waals surface area contributed by atoms with Gasteiger partial charge in [-0.25, -0.2) is 0 Å². The van der Waals surface area contributed by atoms with E-state index < -0.39 is 0 Å². The SMILES string of the molecule is CC(O)CNC(CCO)C(C)C. The number of hydrogen-bond acceptors (Lipinski definition) is 3. The molecule has 0 aliphatic carbocycles. The van der Waals surface area contributed by atoms with Gasteiger partial charge >= 0.3 is 0 Å². The summed E-state index contributed by atoms with van der Waals surface area (Å²) >= 11 is 0. The van der Waals surface area contributed by atoms with Crippen molar-refractivity contribution in [2.75, 3.05) is 13.2 Å². The average molecular weight is 175 g/mol. The van der Waals surface area contributed by atoms with E-state index in [1.54, 1.807) is 6.92 Å². The van der Waals surface area contributed by atoms with Crippen molar-refractivity contribution in [2.45, 2.75) is 39.3 Å². The summed E-state index contributed by atoms with van der Waals surface area (Å²) in [4.78, 5) is 0. The molecule has 0 radical (unpaired) electrons. The smallest absolute Gasteiger partial charge is 0.0636 e. The summed E-state index contributed by atoms with van der Waals surface area (Å²) in [6.07, 6.45) is 0.439. The Bertz CT molecular complexity index is 105. The van der Waals surface area contributed by atoms with E-state index >= 15 is 0 Å². The molecular formula is C9H21NO2. The van der Waals surface area contributed by atoms with Gasteiger partial charge in [0.2, 0.25) is 0 Å². The van der Waals surface area contributed by atoms with Crippen LogP contribution in [0.25, 0.3) is 0 Å². The second-order valence-corrected chi connectivity index (χ2v) is 3.62. The fourth-order valence-electron chi connectivity index (χ4n) is 1.13. The number of aliphatic hydroxyl groups is 2. The lowest BCUT2D eigenvalue weighted by Crippen LogP contribution is -2.38. The lowest BCUT2D eigenvalue weighted by molar-refractivity contribution is 0.173. The predicted octanol–water partition coefficient (Wildman–Crippen LogP) is 0.364. The molecule has 0 aliphatic rings. The van der Waals surface area contributed by atoms with Crippen LogP contribution in [0.4, 0.5) is 0 Å². The van der Waals surface area contributed by atoms with Crippen molar-refractivity contribution in [2.24, 2.45) is 5.92 Å². The minimum Gasteiger partial charge on any atom is -0.396 e. The molecule has 2 unspecified atom stereocenters. The highest BCUT2D eigenvalue weighted by Crippen LogP contribution is 2.04. The van der Waals surface area contributed by atoms with Crippen molar-refractivity contribution in [3.8, 4) is 0 Å². The molecule has 0 bridgehead atoms. The Hall–Kier alpha value is -0.120. The van der Waals surface area contributed by atoms with E-state index in [0.717, 1.165) is 6.42 Å². The molecule has 0 heterocycles. The van der Waals surface area contributed by atoms with E-state index in [1.165, 1.54) is 0 Å². The molecule has 3 nitrogen and oxygen atoms in total. The average Bonchev–Trinajstić information content (AvgIpc) is 1.96. The van der Waals surface area contributed by atoms with E-state index in [0.29, 0.717) is 18.5 Å². The molecule has 0 aromatic rings. The molecule has 3 heteroatoms. The molecule has 0 saturated heterocycles. The second kappa shape index (κ2) is 6.40. The fourth-order valence-corrected chi connectivity index (χ4v) is 1.13. The van der Waals surface area contributed by atoms with Crippen LogP contribution in [0.1, 0.15) is 27.2 Å². The van der Waals surface area contributed by atoms with Crippen LogP contribution in [-0.4, -0.2) is 35.5 Å². The third kappa shape index (κ3) is 5.52. The van der Waals surface area contributed by atoms with Crippen LogP contribution in [-0.2, 0) is 0 Å². The third-order valence-corrected chi connectivity index (χ3v) is 1.92. The van der Waals surface area contributed by atoms with Crippen LogP contribution < -0.4 is 5.32 Å². The first kappa shape index (κ1) is 11.9. The number of aliphatic hydroxyl groups excluding tert-OH is 2. The Balaban J connectivity index is 3.63. The molecule has 0 amide bonds. The molecule has 74 valence electrons. The molecule has 0 aromatic heterocycles. The van der Waals surface area contributed by atoms with Gasteiger partial charge < -0.3 is 15.5 Å². The first-order valence-electron chi connectivity index (χ1n) is 4.60. The van der Waals surface area contributed by atoms with Gasteiger partial charge in [-0.1, -0.05) is 13.8 Å². The monoisotopic (exact) mass is 175 g/mol. The summed E-state index contributed by atoms with van der Waals surface area (Å²) < 4.78 is 0. The van der Waals surface area contributed by atoms with Gasteiger partial charge in [0, 0.05) is 19.2 Å². The van der Waals surface area contributed by atoms with Gasteiger partial charge in [0.15, 0.2) is 0 Å². The Kier molecular flexibility index (Phi) is 6.34. The standard InChI is InChI=1S/C9H21NO2/c1-7(2)9(4-5-11)10-6-8(3)12/h7-12H,4-6H2,1-3H3. The summed E-state index contributed by atoms with van der Waals surface area (Å²) in [5, 5.41) is 21.0. The maximum atomic E-state index is 9.03. The van der Waals surface area contributed by atoms with Gasteiger partial charge in [-0.15, -0.1) is 0 Å². The van der Waals surface area contributed by atoms with Crippen molar-refractivity contribution in [1.82, 2.24) is 5.32 Å². The van der Waals surface area contributed by atoms with Crippen LogP contribution in [0.5, 0.6) is 0 Å². The Labute approximate surface area is 74.8 Å². The lowest BCUT2D eigenvalue weighted by Gasteiger charge is -2.22. The number of hydrogen-bond donors (Lipinski definition) is 3. The molecule has 12 heavy (non-hydrogen) atoms. The molecule has 0 saturated carbocycles. The first-order valence-corrected chi connectivity index (χ1v) is 4.60. The van der Waals surface area contributed by atoms with Crippen molar-refractivity contribution in [3.63, 3.8) is 0 Å². The molecule has 0 spiro atoms. The molecule has 0 rings (SSSR count). The minimum absolute atomic E-state index is 0.204. The van der Waals surface area contributed by atoms with Gasteiger partial charge in [0.25, 0.3) is 0 Å². The number of nitrogens with one attached hydrogen (secondary N) is 1. The Morgan fingerprint density at radius 1 is 1.25 bits per heavy atom. The van der Waals surface area contributed by atoms with Gasteiger partial charge in [0.1, 0.15) is 0 Å². The van der Waals surface area contributed by atoms with Crippen LogP contribution in [0.2, 0.25) is 0 Å². The maximum absolute atomic E-state index is 9.03. The van der Waals surface area contributed by atoms with E-state index in [2.05, 4.69) is 19.2 Å². The van der Waals surface area contributed by atoms with Crippen LogP contribution >= 0.6 is 0 Å². The van der Waals surface area contributed by atoms with Gasteiger partial charge in [-0.05, 0) is 19.3 Å². The fraction of sp³-hybridized carbons (Fsp3) is 1.00. The zero-order valence-corrected chi connectivity index (χ0v) is 8.25. The highest BCUT2D eigenvalue weighted by atomic mass is 16.3. The van der Waals surface area contributed by atoms with E-state index in [1.807, 2.05) is 0 Å². The topological polar surface area (TPSA) is 52.5 Å². The zero-order chi connectivity index (χ0) is 9.56. The van der Waals surface area contributed by atoms with Gasteiger partial charge in [-0.3, -0.25) is 0 Å². The van der Waals surface area contributed by atoms with E-state index in [4.69, 9.17) is 10.2 Å². The van der Waals surface area contributed by atoms with Gasteiger partial charge in [0.05, 0.1) is 6.10 Å². The molecule has 0 aliphatic heterocycles. The normalized spacial score (nSPS) is 16.5. The summed E-state index contributed by atoms with van der Waals surface area (Å²) in [7, 11) is 0. The van der Waals surface area contributed by atoms with Crippen molar-refractivity contribution >= 4 is 0 Å². The highest BCUT2D eigenvalue weighted by molar-refractivity contribution is 4.70. The summed E-state index contributed by atoms with van der Waals surface area (Å²) in [5.74, 6) is 0.496. The van der Waals surface area contributed by atoms with E-state index in [-0.39, 0.29) is 12.7 Å². The van der Waals surface area contributed by atoms with Crippen molar-refractivity contribution in [3.05, 3.63) is 0 Å². The Morgan fingerprint density at radius 3 is 2.17 bits per heavy atom. The summed E-state index contributed by atoms with van der Waals surface area (Å²) in [6.45, 7) is 6.77. The lowest BCUT2D eigenvalue weighted by atomic mass is 10.0. The van der Waals surface area contributed by atoms with Crippen LogP contribution in [0, 0.1) is 5.92 Å². The molecule has 3 N–H and O–H groups in total. The van der Waals surface area contributed by atoms with Crippen molar-refractivity contribution < 1.29 is 10.2 Å². The molecule has 2 atom stereocenters. The minimum atomic E-state index is -0.315. The third-order valence-electron chi connectivity index (χ3n) is 1.92. The summed E-state index contributed by atoms with van der Waals surface area (Å²) in [5.41, 5.74) is 0. The molecule has 0 aromatic carbocycles. The highest BCUT2D eigenvalue weighted by Gasteiger charge is 2.12. The quantitative estimate of drug-likeness (QED) is 0.546. The van der Waals surface area contributed by atoms with Crippen LogP contribution in [0.15, 0.2) is 0 Å². The van der Waals surface area contributed by atoms with Gasteiger partial charge in [-0.2, -0.15) is 0 Å². The summed E-state index contributed by atoms with van der Waals surface area (Å²) in [6, 6.07) is 0.310. The van der Waals surface area contributed by atoms with Crippen molar-refractivity contribution in [1.29, 1.82) is 0 Å². The van der Waals surface area contributed by atoms with E-state index in [9.17, 15) is 0 Å². The predicted molar refractivity (Wildman–Crippen MR) is 50.0 cm³/mol. The number of rotatable bonds is 6. The molecule has 0 fully saturated rings. The molecular weight excluding hydrogens is 154 g/mol. The second-order valence-electron chi connectivity index (χ2n) is 3.62. The zero-order valence-electron chi connectivity index (χ0n) is 8.25. The first-order chi connectivity index (χ1) is 5.57. The maximum Gasteiger partial charge on any atom is 0.0636 e. The Morgan fingerprint density at radius 2 is 1.83 bits per heavy atom. The largest absolute Gasteiger partial charge is 0.396 e. The van der Waals surface area contributed by atoms with Crippen LogP contribution in [0.3, 0.4) is 0 Å².